The fraction of sp³-hybridized carbons (Fsp3) is 0.783. The Bertz CT molecular complexity index is 777. The fourth-order valence-corrected chi connectivity index (χ4v) is 8.02. The van der Waals surface area contributed by atoms with Gasteiger partial charge in [0.2, 0.25) is 0 Å². The maximum Gasteiger partial charge on any atom is 0.335 e. The average molecular weight is 390 g/mol. The molecular weight excluding hydrogens is 359 g/mol. The Morgan fingerprint density at radius 1 is 1.36 bits per heavy atom. The van der Waals surface area contributed by atoms with E-state index in [2.05, 4.69) is 13.8 Å². The van der Waals surface area contributed by atoms with Crippen molar-refractivity contribution in [3.05, 3.63) is 23.8 Å². The van der Waals surface area contributed by atoms with E-state index in [-0.39, 0.29) is 41.2 Å². The third-order valence-corrected chi connectivity index (χ3v) is 9.23. The Morgan fingerprint density at radius 2 is 2.11 bits per heavy atom. The van der Waals surface area contributed by atoms with Crippen molar-refractivity contribution in [2.24, 2.45) is 34.5 Å². The molecule has 1 N–H and O–H groups in total. The minimum absolute atomic E-state index is 0.0973. The van der Waals surface area contributed by atoms with Gasteiger partial charge in [-0.3, -0.25) is 0 Å². The van der Waals surface area contributed by atoms with Crippen LogP contribution in [0.5, 0.6) is 0 Å². The van der Waals surface area contributed by atoms with Crippen molar-refractivity contribution in [2.45, 2.75) is 70.4 Å². The summed E-state index contributed by atoms with van der Waals surface area (Å²) in [6.45, 7) is 6.23. The number of carbonyl (C=O) groups is 1. The maximum atomic E-state index is 17.0. The fourth-order valence-electron chi connectivity index (χ4n) is 8.02. The molecule has 28 heavy (non-hydrogen) atoms. The number of rotatable bonds is 1. The Morgan fingerprint density at radius 3 is 2.82 bits per heavy atom. The SMILES string of the molecule is COC(=O)C1OC2C=C[C@@]3(C)C(=C2)CC[C@H]2[C@@H]4C[C@@H](C)[C@H]1[C@@]4(C)C[C@H](O)[C@@]23F. The second-order valence-electron chi connectivity index (χ2n) is 10.3. The van der Waals surface area contributed by atoms with E-state index in [9.17, 15) is 9.90 Å². The molecule has 2 unspecified atom stereocenters. The predicted molar refractivity (Wildman–Crippen MR) is 102 cm³/mol. The lowest BCUT2D eigenvalue weighted by molar-refractivity contribution is -0.202. The molecule has 4 nitrogen and oxygen atoms in total. The number of aliphatic hydroxyl groups excluding tert-OH is 1. The Hall–Kier alpha value is -1.20. The summed E-state index contributed by atoms with van der Waals surface area (Å²) >= 11 is 0. The molecular formula is C23H31FO4. The first-order valence-corrected chi connectivity index (χ1v) is 10.7. The van der Waals surface area contributed by atoms with Crippen LogP contribution in [-0.4, -0.2) is 42.2 Å². The summed E-state index contributed by atoms with van der Waals surface area (Å²) in [5.41, 5.74) is -1.85. The molecule has 5 heteroatoms. The van der Waals surface area contributed by atoms with E-state index in [0.29, 0.717) is 6.42 Å². The first kappa shape index (κ1) is 18.8. The van der Waals surface area contributed by atoms with Gasteiger partial charge in [0.1, 0.15) is 0 Å². The van der Waals surface area contributed by atoms with E-state index in [1.54, 1.807) is 0 Å². The van der Waals surface area contributed by atoms with Crippen LogP contribution in [0.1, 0.15) is 46.5 Å². The maximum absolute atomic E-state index is 17.0. The van der Waals surface area contributed by atoms with Crippen molar-refractivity contribution in [3.63, 3.8) is 0 Å². The van der Waals surface area contributed by atoms with Gasteiger partial charge in [-0.15, -0.1) is 0 Å². The van der Waals surface area contributed by atoms with Crippen LogP contribution < -0.4 is 0 Å². The van der Waals surface area contributed by atoms with Gasteiger partial charge in [-0.1, -0.05) is 37.6 Å². The highest BCUT2D eigenvalue weighted by Gasteiger charge is 2.72. The first-order chi connectivity index (χ1) is 13.2. The molecule has 0 saturated heterocycles. The smallest absolute Gasteiger partial charge is 0.335 e. The third-order valence-electron chi connectivity index (χ3n) is 9.23. The highest BCUT2D eigenvalue weighted by atomic mass is 19.1. The van der Waals surface area contributed by atoms with E-state index in [1.807, 2.05) is 25.2 Å². The summed E-state index contributed by atoms with van der Waals surface area (Å²) in [7, 11) is 1.40. The monoisotopic (exact) mass is 390 g/mol. The number of carbonyl (C=O) groups excluding carboxylic acids is 1. The zero-order chi connectivity index (χ0) is 20.1. The number of methoxy groups -OCH3 is 1. The van der Waals surface area contributed by atoms with E-state index < -0.39 is 23.3 Å². The molecule has 8 bridgehead atoms. The Balaban J connectivity index is 1.76. The van der Waals surface area contributed by atoms with Gasteiger partial charge in [-0.25, -0.2) is 9.18 Å². The first-order valence-electron chi connectivity index (χ1n) is 10.7. The average Bonchev–Trinajstić information content (AvgIpc) is 2.88. The van der Waals surface area contributed by atoms with Crippen LogP contribution in [0.3, 0.4) is 0 Å². The normalized spacial score (nSPS) is 56.5. The molecule has 0 aromatic heterocycles. The summed E-state index contributed by atoms with van der Waals surface area (Å²) in [6, 6.07) is 0. The lowest BCUT2D eigenvalue weighted by atomic mass is 9.45. The Kier molecular flexibility index (Phi) is 3.82. The molecule has 9 rings (SSSR count). The molecule has 4 aliphatic carbocycles. The molecule has 10 atom stereocenters. The van der Waals surface area contributed by atoms with Crippen molar-refractivity contribution >= 4 is 5.97 Å². The molecule has 0 amide bonds. The largest absolute Gasteiger partial charge is 0.467 e. The number of halogens is 1. The molecule has 0 spiro atoms. The van der Waals surface area contributed by atoms with E-state index in [0.717, 1.165) is 24.8 Å². The molecule has 3 fully saturated rings. The van der Waals surface area contributed by atoms with Crippen LogP contribution in [0, 0.1) is 34.5 Å². The number of aliphatic hydroxyl groups is 1. The molecule has 5 heterocycles. The molecule has 9 aliphatic rings. The van der Waals surface area contributed by atoms with Gasteiger partial charge >= 0.3 is 5.97 Å². The van der Waals surface area contributed by atoms with Crippen molar-refractivity contribution in [3.8, 4) is 0 Å². The number of esters is 1. The van der Waals surface area contributed by atoms with Gasteiger partial charge < -0.3 is 14.6 Å². The van der Waals surface area contributed by atoms with Gasteiger partial charge in [-0.05, 0) is 49.9 Å². The van der Waals surface area contributed by atoms with Crippen LogP contribution in [0.2, 0.25) is 0 Å². The topological polar surface area (TPSA) is 55.8 Å². The van der Waals surface area contributed by atoms with Crippen molar-refractivity contribution in [1.82, 2.24) is 0 Å². The number of hydrogen-bond donors (Lipinski definition) is 1. The second kappa shape index (κ2) is 5.69. The number of hydrogen-bond acceptors (Lipinski definition) is 4. The molecule has 0 aromatic rings. The summed E-state index contributed by atoms with van der Waals surface area (Å²) in [5.74, 6) is -0.347. The molecule has 0 radical (unpaired) electrons. The summed E-state index contributed by atoms with van der Waals surface area (Å²) in [6.07, 6.45) is 6.42. The Labute approximate surface area is 166 Å². The van der Waals surface area contributed by atoms with Crippen molar-refractivity contribution in [2.75, 3.05) is 7.11 Å². The number of fused-ring (bicyclic) bond motifs is 1. The van der Waals surface area contributed by atoms with E-state index in [1.165, 1.54) is 7.11 Å². The van der Waals surface area contributed by atoms with Gasteiger partial charge in [0.15, 0.2) is 11.8 Å². The van der Waals surface area contributed by atoms with Crippen LogP contribution in [0.15, 0.2) is 23.8 Å². The lowest BCUT2D eigenvalue weighted by Crippen LogP contribution is -2.66. The minimum Gasteiger partial charge on any atom is -0.467 e. The van der Waals surface area contributed by atoms with Crippen LogP contribution >= 0.6 is 0 Å². The highest BCUT2D eigenvalue weighted by Crippen LogP contribution is 2.70. The molecule has 154 valence electrons. The molecule has 5 aliphatic heterocycles. The summed E-state index contributed by atoms with van der Waals surface area (Å²) in [4.78, 5) is 12.8. The molecule has 3 saturated carbocycles. The summed E-state index contributed by atoms with van der Waals surface area (Å²) in [5, 5.41) is 11.3. The summed E-state index contributed by atoms with van der Waals surface area (Å²) < 4.78 is 28.5. The van der Waals surface area contributed by atoms with E-state index in [4.69, 9.17) is 9.47 Å². The predicted octanol–water partition coefficient (Wildman–Crippen LogP) is 3.59. The zero-order valence-corrected chi connectivity index (χ0v) is 17.2. The minimum atomic E-state index is -1.68. The van der Waals surface area contributed by atoms with Crippen molar-refractivity contribution in [1.29, 1.82) is 0 Å². The zero-order valence-electron chi connectivity index (χ0n) is 17.2. The van der Waals surface area contributed by atoms with E-state index >= 15 is 4.39 Å². The van der Waals surface area contributed by atoms with Crippen LogP contribution in [-0.2, 0) is 14.3 Å². The third kappa shape index (κ3) is 2.00. The number of alkyl halides is 1. The van der Waals surface area contributed by atoms with Crippen LogP contribution in [0.4, 0.5) is 4.39 Å². The quantitative estimate of drug-likeness (QED) is 0.549. The lowest BCUT2D eigenvalue weighted by Gasteiger charge is -2.62. The number of allylic oxidation sites excluding steroid dienone is 2. The standard InChI is InChI=1S/C23H31FO4/c1-12-9-16-15-6-5-13-10-14-7-8-22(13,3)23(15,24)17(25)11-21(16,2)18(12)19(28-14)20(26)27-4/h7-8,10,12,14-19,25H,5-6,9,11H2,1-4H3/t12-,14?,15+,16+,17+,18-,19?,21+,22+,23+/m1/s1. The molecule has 0 aromatic carbocycles. The van der Waals surface area contributed by atoms with Gasteiger partial charge in [-0.2, -0.15) is 0 Å². The van der Waals surface area contributed by atoms with Gasteiger partial charge in [0, 0.05) is 17.3 Å². The number of ether oxygens (including phenoxy) is 2. The van der Waals surface area contributed by atoms with Crippen molar-refractivity contribution < 1.29 is 23.8 Å². The second-order valence-corrected chi connectivity index (χ2v) is 10.3. The van der Waals surface area contributed by atoms with Gasteiger partial charge in [0.25, 0.3) is 0 Å². The van der Waals surface area contributed by atoms with Gasteiger partial charge in [0.05, 0.1) is 19.3 Å². The highest BCUT2D eigenvalue weighted by molar-refractivity contribution is 5.75. The van der Waals surface area contributed by atoms with Crippen LogP contribution in [0.25, 0.3) is 0 Å².